The highest BCUT2D eigenvalue weighted by Crippen LogP contribution is 2.32. The van der Waals surface area contributed by atoms with E-state index in [1.165, 1.54) is 24.3 Å². The molecule has 6 nitrogen and oxygen atoms in total. The Morgan fingerprint density at radius 3 is 2.76 bits per heavy atom. The predicted octanol–water partition coefficient (Wildman–Crippen LogP) is 2.95. The smallest absolute Gasteiger partial charge is 0.433 e. The number of ether oxygens (including phenoxy) is 1. The Hall–Kier alpha value is -2.07. The van der Waals surface area contributed by atoms with Gasteiger partial charge in [0.1, 0.15) is 11.4 Å². The van der Waals surface area contributed by atoms with E-state index >= 15 is 0 Å². The lowest BCUT2D eigenvalue weighted by molar-refractivity contribution is -0.141. The number of aromatic nitrogens is 2. The number of methoxy groups -OCH3 is 1. The van der Waals surface area contributed by atoms with Crippen molar-refractivity contribution in [2.75, 3.05) is 33.1 Å². The molecule has 2 rings (SSSR count). The van der Waals surface area contributed by atoms with Crippen LogP contribution in [0.3, 0.4) is 0 Å². The summed E-state index contributed by atoms with van der Waals surface area (Å²) < 4.78 is 49.1. The normalized spacial score (nSPS) is 11.6. The van der Waals surface area contributed by atoms with E-state index in [0.29, 0.717) is 13.2 Å². The van der Waals surface area contributed by atoms with E-state index < -0.39 is 11.9 Å². The third-order valence-corrected chi connectivity index (χ3v) is 3.98. The highest BCUT2D eigenvalue weighted by molar-refractivity contribution is 7.99. The molecule has 0 N–H and O–H groups in total. The van der Waals surface area contributed by atoms with Crippen LogP contribution in [0, 0.1) is 0 Å². The van der Waals surface area contributed by atoms with Gasteiger partial charge >= 0.3 is 6.18 Å². The molecule has 2 heterocycles. The van der Waals surface area contributed by atoms with Crippen molar-refractivity contribution in [3.05, 3.63) is 30.2 Å². The molecule has 2 aromatic rings. The Morgan fingerprint density at radius 2 is 2.16 bits per heavy atom. The van der Waals surface area contributed by atoms with Gasteiger partial charge in [0.2, 0.25) is 5.91 Å². The largest absolute Gasteiger partial charge is 0.463 e. The first kappa shape index (κ1) is 19.3. The first-order valence-electron chi connectivity index (χ1n) is 7.17. The van der Waals surface area contributed by atoms with Gasteiger partial charge in [-0.2, -0.15) is 13.2 Å². The molecule has 0 saturated heterocycles. The number of carbonyl (C=O) groups excluding carboxylic acids is 1. The molecule has 10 heteroatoms. The quantitative estimate of drug-likeness (QED) is 0.548. The highest BCUT2D eigenvalue weighted by Gasteiger charge is 2.34. The summed E-state index contributed by atoms with van der Waals surface area (Å²) >= 11 is 0.836. The monoisotopic (exact) mass is 375 g/mol. The van der Waals surface area contributed by atoms with Gasteiger partial charge in [-0.05, 0) is 18.2 Å². The Morgan fingerprint density at radius 1 is 1.40 bits per heavy atom. The Balaban J connectivity index is 2.17. The first-order chi connectivity index (χ1) is 11.8. The van der Waals surface area contributed by atoms with Crippen molar-refractivity contribution < 1.29 is 27.1 Å². The molecule has 0 unspecified atom stereocenters. The van der Waals surface area contributed by atoms with Crippen molar-refractivity contribution in [1.82, 2.24) is 14.9 Å². The lowest BCUT2D eigenvalue weighted by Gasteiger charge is -2.16. The summed E-state index contributed by atoms with van der Waals surface area (Å²) in [5, 5.41) is -0.144. The number of furan rings is 1. The number of thioether (sulfide) groups is 1. The highest BCUT2D eigenvalue weighted by atomic mass is 32.2. The number of rotatable bonds is 7. The molecule has 0 fully saturated rings. The second-order valence-corrected chi connectivity index (χ2v) is 5.94. The van der Waals surface area contributed by atoms with Gasteiger partial charge < -0.3 is 14.1 Å². The van der Waals surface area contributed by atoms with E-state index in [-0.39, 0.29) is 28.3 Å². The van der Waals surface area contributed by atoms with Gasteiger partial charge in [-0.25, -0.2) is 9.97 Å². The number of nitrogens with zero attached hydrogens (tertiary/aromatic N) is 3. The standard InChI is InChI=1S/C15H16F3N3O3S/c1-21(5-7-23-2)13(22)9-25-14-19-10(11-4-3-6-24-11)8-12(20-14)15(16,17)18/h3-4,6,8H,5,7,9H2,1-2H3. The van der Waals surface area contributed by atoms with Crippen molar-refractivity contribution >= 4 is 17.7 Å². The van der Waals surface area contributed by atoms with Crippen LogP contribution < -0.4 is 0 Å². The van der Waals surface area contributed by atoms with Crippen LogP contribution in [0.1, 0.15) is 5.69 Å². The zero-order valence-electron chi connectivity index (χ0n) is 13.5. The van der Waals surface area contributed by atoms with Crippen LogP contribution >= 0.6 is 11.8 Å². The van der Waals surface area contributed by atoms with E-state index in [2.05, 4.69) is 9.97 Å². The third kappa shape index (κ3) is 5.46. The maximum Gasteiger partial charge on any atom is 0.433 e. The average molecular weight is 375 g/mol. The second kappa shape index (κ2) is 8.34. The van der Waals surface area contributed by atoms with Crippen molar-refractivity contribution in [1.29, 1.82) is 0 Å². The van der Waals surface area contributed by atoms with Gasteiger partial charge in [0.05, 0.1) is 18.6 Å². The van der Waals surface area contributed by atoms with Crippen LogP contribution in [0.2, 0.25) is 0 Å². The van der Waals surface area contributed by atoms with E-state index in [0.717, 1.165) is 17.8 Å². The Kier molecular flexibility index (Phi) is 6.43. The topological polar surface area (TPSA) is 68.5 Å². The number of hydrogen-bond donors (Lipinski definition) is 0. The van der Waals surface area contributed by atoms with Crippen molar-refractivity contribution in [3.63, 3.8) is 0 Å². The van der Waals surface area contributed by atoms with E-state index in [1.807, 2.05) is 0 Å². The summed E-state index contributed by atoms with van der Waals surface area (Å²) in [7, 11) is 3.10. The number of alkyl halides is 3. The van der Waals surface area contributed by atoms with Crippen molar-refractivity contribution in [3.8, 4) is 11.5 Å². The van der Waals surface area contributed by atoms with Gasteiger partial charge in [-0.3, -0.25) is 4.79 Å². The van der Waals surface area contributed by atoms with Crippen LogP contribution in [0.25, 0.3) is 11.5 Å². The fraction of sp³-hybridized carbons (Fsp3) is 0.400. The summed E-state index contributed by atoms with van der Waals surface area (Å²) in [6, 6.07) is 3.86. The summed E-state index contributed by atoms with van der Waals surface area (Å²) in [6.45, 7) is 0.757. The molecule has 0 aliphatic rings. The van der Waals surface area contributed by atoms with Crippen LogP contribution in [0.15, 0.2) is 34.0 Å². The number of amides is 1. The average Bonchev–Trinajstić information content (AvgIpc) is 3.11. The molecule has 0 aliphatic heterocycles. The van der Waals surface area contributed by atoms with Crippen LogP contribution in [0.5, 0.6) is 0 Å². The minimum absolute atomic E-state index is 0.00927. The SMILES string of the molecule is COCCN(C)C(=O)CSc1nc(-c2ccco2)cc(C(F)(F)F)n1. The van der Waals surface area contributed by atoms with Gasteiger partial charge in [-0.1, -0.05) is 11.8 Å². The van der Waals surface area contributed by atoms with Gasteiger partial charge in [0.25, 0.3) is 0 Å². The van der Waals surface area contributed by atoms with E-state index in [1.54, 1.807) is 13.1 Å². The molecule has 0 atom stereocenters. The lowest BCUT2D eigenvalue weighted by Crippen LogP contribution is -2.31. The van der Waals surface area contributed by atoms with Gasteiger partial charge in [0, 0.05) is 20.7 Å². The molecular weight excluding hydrogens is 359 g/mol. The number of halogens is 3. The van der Waals surface area contributed by atoms with Gasteiger partial charge in [-0.15, -0.1) is 0 Å². The summed E-state index contributed by atoms with van der Waals surface area (Å²) in [6.07, 6.45) is -3.29. The second-order valence-electron chi connectivity index (χ2n) is 4.99. The fourth-order valence-corrected chi connectivity index (χ4v) is 2.57. The molecule has 0 radical (unpaired) electrons. The molecule has 0 saturated carbocycles. The Bertz CT molecular complexity index is 708. The molecule has 25 heavy (non-hydrogen) atoms. The number of carbonyl (C=O) groups is 1. The van der Waals surface area contributed by atoms with Crippen LogP contribution in [0.4, 0.5) is 13.2 Å². The van der Waals surface area contributed by atoms with Crippen molar-refractivity contribution in [2.45, 2.75) is 11.3 Å². The fourth-order valence-electron chi connectivity index (χ4n) is 1.77. The molecule has 2 aromatic heterocycles. The molecule has 1 amide bonds. The minimum atomic E-state index is -4.63. The minimum Gasteiger partial charge on any atom is -0.463 e. The first-order valence-corrected chi connectivity index (χ1v) is 8.15. The third-order valence-electron chi connectivity index (χ3n) is 3.15. The molecule has 0 bridgehead atoms. The molecule has 0 aromatic carbocycles. The lowest BCUT2D eigenvalue weighted by atomic mass is 10.2. The molecule has 136 valence electrons. The molecule has 0 aliphatic carbocycles. The van der Waals surface area contributed by atoms with Crippen molar-refractivity contribution in [2.24, 2.45) is 0 Å². The summed E-state index contributed by atoms with van der Waals surface area (Å²) in [4.78, 5) is 20.9. The van der Waals surface area contributed by atoms with Crippen LogP contribution in [-0.2, 0) is 15.7 Å². The number of hydrogen-bond acceptors (Lipinski definition) is 6. The molecular formula is C15H16F3N3O3S. The maximum atomic E-state index is 13.0. The predicted molar refractivity (Wildman–Crippen MR) is 85.0 cm³/mol. The maximum absolute atomic E-state index is 13.0. The van der Waals surface area contributed by atoms with Crippen LogP contribution in [-0.4, -0.2) is 53.8 Å². The van der Waals surface area contributed by atoms with E-state index in [9.17, 15) is 18.0 Å². The zero-order chi connectivity index (χ0) is 18.4. The van der Waals surface area contributed by atoms with E-state index in [4.69, 9.17) is 9.15 Å². The zero-order valence-corrected chi connectivity index (χ0v) is 14.4. The molecule has 0 spiro atoms. The number of likely N-dealkylation sites (N-methyl/N-ethyl adjacent to an activating group) is 1. The summed E-state index contributed by atoms with van der Waals surface area (Å²) in [5.74, 6) is -0.153. The van der Waals surface area contributed by atoms with Gasteiger partial charge in [0.15, 0.2) is 10.9 Å². The Labute approximate surface area is 146 Å². The summed E-state index contributed by atoms with van der Waals surface area (Å²) in [5.41, 5.74) is -1.08.